The third-order valence-electron chi connectivity index (χ3n) is 3.25. The van der Waals surface area contributed by atoms with E-state index in [2.05, 4.69) is 29.2 Å². The summed E-state index contributed by atoms with van der Waals surface area (Å²) >= 11 is 0. The molecule has 0 bridgehead atoms. The van der Waals surface area contributed by atoms with Crippen molar-refractivity contribution in [3.63, 3.8) is 0 Å². The first kappa shape index (κ1) is 10.6. The number of aryl methyl sites for hydroxylation is 1. The zero-order valence-electron chi connectivity index (χ0n) is 10.3. The molecule has 4 nitrogen and oxygen atoms in total. The molecule has 0 spiro atoms. The van der Waals surface area contributed by atoms with Crippen LogP contribution in [0.2, 0.25) is 0 Å². The average Bonchev–Trinajstić information content (AvgIpc) is 2.97. The van der Waals surface area contributed by atoms with E-state index >= 15 is 0 Å². The first-order chi connectivity index (χ1) is 8.20. The van der Waals surface area contributed by atoms with Crippen molar-refractivity contribution in [2.75, 3.05) is 5.32 Å². The summed E-state index contributed by atoms with van der Waals surface area (Å²) in [5.41, 5.74) is 2.12. The van der Waals surface area contributed by atoms with Crippen LogP contribution in [0.5, 0.6) is 0 Å². The normalized spacial score (nSPS) is 17.3. The van der Waals surface area contributed by atoms with Gasteiger partial charge in [-0.05, 0) is 43.9 Å². The van der Waals surface area contributed by atoms with E-state index in [-0.39, 0.29) is 0 Å². The number of pyridine rings is 1. The van der Waals surface area contributed by atoms with Crippen LogP contribution in [0.25, 0.3) is 5.65 Å². The lowest BCUT2D eigenvalue weighted by Crippen LogP contribution is -2.16. The molecule has 17 heavy (non-hydrogen) atoms. The topological polar surface area (TPSA) is 42.2 Å². The van der Waals surface area contributed by atoms with Crippen LogP contribution < -0.4 is 5.32 Å². The van der Waals surface area contributed by atoms with E-state index < -0.39 is 0 Å². The fourth-order valence-electron chi connectivity index (χ4n) is 2.18. The van der Waals surface area contributed by atoms with Gasteiger partial charge in [-0.25, -0.2) is 4.52 Å². The van der Waals surface area contributed by atoms with Crippen molar-refractivity contribution in [1.29, 1.82) is 0 Å². The van der Waals surface area contributed by atoms with Crippen molar-refractivity contribution in [2.45, 2.75) is 39.2 Å². The van der Waals surface area contributed by atoms with Gasteiger partial charge in [0.25, 0.3) is 0 Å². The van der Waals surface area contributed by atoms with Crippen molar-refractivity contribution < 1.29 is 0 Å². The van der Waals surface area contributed by atoms with E-state index in [1.54, 1.807) is 0 Å². The summed E-state index contributed by atoms with van der Waals surface area (Å²) in [4.78, 5) is 4.48. The quantitative estimate of drug-likeness (QED) is 0.878. The molecule has 0 aliphatic heterocycles. The first-order valence-electron chi connectivity index (χ1n) is 6.30. The largest absolute Gasteiger partial charge is 0.350 e. The summed E-state index contributed by atoms with van der Waals surface area (Å²) in [6.07, 6.45) is 5.97. The Labute approximate surface area is 101 Å². The van der Waals surface area contributed by atoms with Gasteiger partial charge in [0.15, 0.2) is 5.65 Å². The minimum Gasteiger partial charge on any atom is -0.350 e. The van der Waals surface area contributed by atoms with Crippen LogP contribution >= 0.6 is 0 Å². The Morgan fingerprint density at radius 2 is 2.35 bits per heavy atom. The number of anilines is 1. The number of nitrogens with one attached hydrogen (secondary N) is 1. The molecule has 3 rings (SSSR count). The van der Waals surface area contributed by atoms with Gasteiger partial charge in [0.2, 0.25) is 5.95 Å². The zero-order chi connectivity index (χ0) is 11.8. The predicted octanol–water partition coefficient (Wildman–Crippen LogP) is 2.64. The number of fused-ring (bicyclic) bond motifs is 1. The highest BCUT2D eigenvalue weighted by Crippen LogP contribution is 2.33. The van der Waals surface area contributed by atoms with Crippen molar-refractivity contribution in [3.05, 3.63) is 23.9 Å². The number of aromatic nitrogens is 3. The van der Waals surface area contributed by atoms with E-state index in [4.69, 9.17) is 0 Å². The number of hydrogen-bond acceptors (Lipinski definition) is 3. The molecule has 90 valence electrons. The second kappa shape index (κ2) is 4.02. The van der Waals surface area contributed by atoms with Gasteiger partial charge >= 0.3 is 0 Å². The van der Waals surface area contributed by atoms with Crippen LogP contribution in [-0.4, -0.2) is 20.6 Å². The lowest BCUT2D eigenvalue weighted by Gasteiger charge is -2.10. The molecule has 1 saturated carbocycles. The van der Waals surface area contributed by atoms with Crippen LogP contribution in [0.1, 0.15) is 31.7 Å². The van der Waals surface area contributed by atoms with Crippen LogP contribution in [0.3, 0.4) is 0 Å². The third kappa shape index (κ3) is 2.40. The molecule has 0 aromatic carbocycles. The fourth-order valence-corrected chi connectivity index (χ4v) is 2.18. The Kier molecular flexibility index (Phi) is 2.50. The van der Waals surface area contributed by atoms with Gasteiger partial charge in [0.05, 0.1) is 0 Å². The van der Waals surface area contributed by atoms with Crippen LogP contribution in [0.4, 0.5) is 5.95 Å². The van der Waals surface area contributed by atoms with Gasteiger partial charge in [-0.15, -0.1) is 5.10 Å². The first-order valence-corrected chi connectivity index (χ1v) is 6.30. The number of hydrogen-bond donors (Lipinski definition) is 1. The third-order valence-corrected chi connectivity index (χ3v) is 3.25. The summed E-state index contributed by atoms with van der Waals surface area (Å²) in [7, 11) is 0. The highest BCUT2D eigenvalue weighted by Gasteiger charge is 2.23. The van der Waals surface area contributed by atoms with Gasteiger partial charge in [-0.1, -0.05) is 12.8 Å². The Bertz CT molecular complexity index is 527. The van der Waals surface area contributed by atoms with E-state index in [9.17, 15) is 0 Å². The van der Waals surface area contributed by atoms with Gasteiger partial charge < -0.3 is 5.32 Å². The Balaban J connectivity index is 1.75. The summed E-state index contributed by atoms with van der Waals surface area (Å²) in [5, 5.41) is 7.79. The van der Waals surface area contributed by atoms with E-state index in [0.29, 0.717) is 6.04 Å². The maximum absolute atomic E-state index is 4.48. The maximum atomic E-state index is 4.48. The zero-order valence-corrected chi connectivity index (χ0v) is 10.3. The lowest BCUT2D eigenvalue weighted by molar-refractivity contribution is 0.637. The Morgan fingerprint density at radius 3 is 3.12 bits per heavy atom. The molecule has 1 N–H and O–H groups in total. The molecule has 1 atom stereocenters. The summed E-state index contributed by atoms with van der Waals surface area (Å²) in [5.74, 6) is 1.67. The van der Waals surface area contributed by atoms with Crippen molar-refractivity contribution in [1.82, 2.24) is 14.6 Å². The molecule has 1 fully saturated rings. The van der Waals surface area contributed by atoms with Crippen molar-refractivity contribution >= 4 is 11.6 Å². The second-order valence-corrected chi connectivity index (χ2v) is 5.17. The highest BCUT2D eigenvalue weighted by molar-refractivity contribution is 5.45. The molecule has 1 aliphatic carbocycles. The summed E-state index contributed by atoms with van der Waals surface area (Å²) in [6, 6.07) is 4.55. The van der Waals surface area contributed by atoms with Gasteiger partial charge in [-0.3, -0.25) is 0 Å². The molecule has 2 aromatic heterocycles. The minimum absolute atomic E-state index is 0.459. The fraction of sp³-hybridized carbons (Fsp3) is 0.538. The second-order valence-electron chi connectivity index (χ2n) is 5.17. The SMILES string of the molecule is Cc1ccn2nc(NC(C)CC3CC3)nc2c1. The summed E-state index contributed by atoms with van der Waals surface area (Å²) in [6.45, 7) is 4.27. The van der Waals surface area contributed by atoms with Gasteiger partial charge in [0, 0.05) is 12.2 Å². The monoisotopic (exact) mass is 230 g/mol. The molecular weight excluding hydrogens is 212 g/mol. The lowest BCUT2D eigenvalue weighted by atomic mass is 10.2. The molecule has 2 heterocycles. The number of nitrogens with zero attached hydrogens (tertiary/aromatic N) is 3. The highest BCUT2D eigenvalue weighted by atomic mass is 15.3. The van der Waals surface area contributed by atoms with Crippen LogP contribution in [0, 0.1) is 12.8 Å². The molecule has 2 aromatic rings. The van der Waals surface area contributed by atoms with Crippen molar-refractivity contribution in [2.24, 2.45) is 5.92 Å². The van der Waals surface area contributed by atoms with Crippen LogP contribution in [0.15, 0.2) is 18.3 Å². The Morgan fingerprint density at radius 1 is 1.53 bits per heavy atom. The van der Waals surface area contributed by atoms with E-state index in [1.807, 2.05) is 22.8 Å². The maximum Gasteiger partial charge on any atom is 0.243 e. The molecule has 1 aliphatic rings. The molecule has 0 radical (unpaired) electrons. The average molecular weight is 230 g/mol. The van der Waals surface area contributed by atoms with E-state index in [0.717, 1.165) is 17.5 Å². The van der Waals surface area contributed by atoms with Gasteiger partial charge in [0.1, 0.15) is 0 Å². The van der Waals surface area contributed by atoms with Crippen molar-refractivity contribution in [3.8, 4) is 0 Å². The number of rotatable bonds is 4. The molecule has 1 unspecified atom stereocenters. The minimum atomic E-state index is 0.459. The molecule has 4 heteroatoms. The molecular formula is C13H18N4. The van der Waals surface area contributed by atoms with E-state index in [1.165, 1.54) is 24.8 Å². The standard InChI is InChI=1S/C13H18N4/c1-9-5-6-17-12(7-9)15-13(16-17)14-10(2)8-11-3-4-11/h5-7,10-11H,3-4,8H2,1-2H3,(H,14,16). The molecule has 0 amide bonds. The Hall–Kier alpha value is -1.58. The summed E-state index contributed by atoms with van der Waals surface area (Å²) < 4.78 is 1.82. The smallest absolute Gasteiger partial charge is 0.243 e. The van der Waals surface area contributed by atoms with Crippen LogP contribution in [-0.2, 0) is 0 Å². The van der Waals surface area contributed by atoms with Gasteiger partial charge in [-0.2, -0.15) is 4.98 Å². The molecule has 0 saturated heterocycles. The predicted molar refractivity (Wildman–Crippen MR) is 68.1 cm³/mol.